The summed E-state index contributed by atoms with van der Waals surface area (Å²) in [5, 5.41) is 3.90. The van der Waals surface area contributed by atoms with E-state index < -0.39 is 5.54 Å². The van der Waals surface area contributed by atoms with E-state index in [1.807, 2.05) is 21.7 Å². The van der Waals surface area contributed by atoms with E-state index in [-0.39, 0.29) is 30.2 Å². The van der Waals surface area contributed by atoms with Crippen molar-refractivity contribution in [1.82, 2.24) is 9.80 Å². The molecule has 3 amide bonds. The highest BCUT2D eigenvalue weighted by molar-refractivity contribution is 7.08. The maximum atomic E-state index is 12.5. The third-order valence-corrected chi connectivity index (χ3v) is 6.06. The van der Waals surface area contributed by atoms with Crippen LogP contribution in [0.25, 0.3) is 0 Å². The van der Waals surface area contributed by atoms with Crippen LogP contribution in [0.1, 0.15) is 26.2 Å². The van der Waals surface area contributed by atoms with Crippen LogP contribution in [-0.4, -0.2) is 59.2 Å². The van der Waals surface area contributed by atoms with E-state index in [2.05, 4.69) is 0 Å². The van der Waals surface area contributed by atoms with Gasteiger partial charge < -0.3 is 14.7 Å². The Kier molecular flexibility index (Phi) is 3.63. The molecule has 3 aliphatic rings. The van der Waals surface area contributed by atoms with Crippen molar-refractivity contribution in [2.75, 3.05) is 31.1 Å². The SMILES string of the molecule is CC(=O)N1CC(=O)N(c2ccsc2)CC12CCN(C(=O)C1CC1)C2. The predicted octanol–water partition coefficient (Wildman–Crippen LogP) is 1.32. The van der Waals surface area contributed by atoms with Crippen LogP contribution in [0.4, 0.5) is 5.69 Å². The van der Waals surface area contributed by atoms with E-state index in [0.29, 0.717) is 19.6 Å². The minimum absolute atomic E-state index is 0.0544. The molecule has 1 unspecified atom stereocenters. The highest BCUT2D eigenvalue weighted by Gasteiger charge is 2.52. The fraction of sp³-hybridized carbons (Fsp3) is 0.588. The van der Waals surface area contributed by atoms with Crippen molar-refractivity contribution in [3.8, 4) is 0 Å². The van der Waals surface area contributed by atoms with Gasteiger partial charge in [-0.05, 0) is 30.7 Å². The standard InChI is InChI=1S/C17H21N3O3S/c1-12(21)20-8-15(22)19(14-4-7-24-9-14)11-17(20)5-6-18(10-17)16(23)13-2-3-13/h4,7,9,13H,2-3,5-6,8,10-11H2,1H3. The molecule has 1 saturated carbocycles. The van der Waals surface area contributed by atoms with Crippen LogP contribution >= 0.6 is 11.3 Å². The van der Waals surface area contributed by atoms with E-state index in [1.165, 1.54) is 6.92 Å². The van der Waals surface area contributed by atoms with Crippen LogP contribution < -0.4 is 4.90 Å². The van der Waals surface area contributed by atoms with Crippen molar-refractivity contribution in [2.45, 2.75) is 31.7 Å². The lowest BCUT2D eigenvalue weighted by molar-refractivity contribution is -0.143. The topological polar surface area (TPSA) is 60.9 Å². The van der Waals surface area contributed by atoms with Gasteiger partial charge in [0.05, 0.1) is 17.8 Å². The van der Waals surface area contributed by atoms with Gasteiger partial charge in [-0.25, -0.2) is 0 Å². The van der Waals surface area contributed by atoms with Crippen LogP contribution in [0, 0.1) is 5.92 Å². The number of hydrogen-bond donors (Lipinski definition) is 0. The number of carbonyl (C=O) groups excluding carboxylic acids is 3. The van der Waals surface area contributed by atoms with E-state index in [0.717, 1.165) is 24.9 Å². The molecule has 1 spiro atoms. The first-order chi connectivity index (χ1) is 11.5. The Labute approximate surface area is 145 Å². The minimum atomic E-state index is -0.452. The zero-order valence-corrected chi connectivity index (χ0v) is 14.6. The molecule has 7 heteroatoms. The Morgan fingerprint density at radius 3 is 2.71 bits per heavy atom. The van der Waals surface area contributed by atoms with Gasteiger partial charge in [0.2, 0.25) is 17.7 Å². The number of thiophene rings is 1. The van der Waals surface area contributed by atoms with Crippen molar-refractivity contribution >= 4 is 34.7 Å². The summed E-state index contributed by atoms with van der Waals surface area (Å²) < 4.78 is 0. The molecular formula is C17H21N3O3S. The van der Waals surface area contributed by atoms with Crippen LogP contribution in [0.5, 0.6) is 0 Å². The highest BCUT2D eigenvalue weighted by atomic mass is 32.1. The molecule has 1 atom stereocenters. The second kappa shape index (κ2) is 5.58. The average Bonchev–Trinajstić information content (AvgIpc) is 3.10. The molecule has 1 aromatic heterocycles. The van der Waals surface area contributed by atoms with E-state index >= 15 is 0 Å². The molecule has 0 bridgehead atoms. The number of carbonyl (C=O) groups is 3. The Balaban J connectivity index is 1.61. The number of hydrogen-bond acceptors (Lipinski definition) is 4. The van der Waals surface area contributed by atoms with Crippen molar-refractivity contribution in [3.63, 3.8) is 0 Å². The summed E-state index contributed by atoms with van der Waals surface area (Å²) >= 11 is 1.55. The lowest BCUT2D eigenvalue weighted by Crippen LogP contribution is -2.67. The molecule has 6 nitrogen and oxygen atoms in total. The molecule has 1 aromatic rings. The van der Waals surface area contributed by atoms with Crippen molar-refractivity contribution in [2.24, 2.45) is 5.92 Å². The lowest BCUT2D eigenvalue weighted by Gasteiger charge is -2.47. The number of likely N-dealkylation sites (tertiary alicyclic amines) is 1. The normalized spacial score (nSPS) is 27.2. The summed E-state index contributed by atoms with van der Waals surface area (Å²) in [5.41, 5.74) is 0.436. The number of piperazine rings is 1. The van der Waals surface area contributed by atoms with Crippen LogP contribution in [0.3, 0.4) is 0 Å². The zero-order valence-electron chi connectivity index (χ0n) is 13.7. The summed E-state index contributed by atoms with van der Waals surface area (Å²) in [5.74, 6) is 0.258. The number of anilines is 1. The molecule has 24 heavy (non-hydrogen) atoms. The quantitative estimate of drug-likeness (QED) is 0.811. The molecule has 0 aromatic carbocycles. The minimum Gasteiger partial charge on any atom is -0.340 e. The van der Waals surface area contributed by atoms with Gasteiger partial charge >= 0.3 is 0 Å². The maximum absolute atomic E-state index is 12.5. The van der Waals surface area contributed by atoms with Gasteiger partial charge in [-0.15, -0.1) is 0 Å². The fourth-order valence-corrected chi connectivity index (χ4v) is 4.57. The maximum Gasteiger partial charge on any atom is 0.246 e. The summed E-state index contributed by atoms with van der Waals surface area (Å²) in [7, 11) is 0. The number of amides is 3. The second-order valence-corrected chi connectivity index (χ2v) is 7.86. The smallest absolute Gasteiger partial charge is 0.246 e. The van der Waals surface area contributed by atoms with Crippen molar-refractivity contribution in [1.29, 1.82) is 0 Å². The van der Waals surface area contributed by atoms with Gasteiger partial charge in [0, 0.05) is 31.3 Å². The number of nitrogens with zero attached hydrogens (tertiary/aromatic N) is 3. The zero-order chi connectivity index (χ0) is 16.9. The summed E-state index contributed by atoms with van der Waals surface area (Å²) in [6.45, 7) is 3.29. The van der Waals surface area contributed by atoms with Gasteiger partial charge in [-0.2, -0.15) is 11.3 Å². The highest BCUT2D eigenvalue weighted by Crippen LogP contribution is 2.38. The molecule has 4 rings (SSSR count). The molecular weight excluding hydrogens is 326 g/mol. The third-order valence-electron chi connectivity index (χ3n) is 5.39. The summed E-state index contributed by atoms with van der Waals surface area (Å²) in [6, 6.07) is 1.93. The lowest BCUT2D eigenvalue weighted by atomic mass is 9.92. The molecule has 1 aliphatic carbocycles. The van der Waals surface area contributed by atoms with Gasteiger partial charge in [-0.3, -0.25) is 14.4 Å². The molecule has 0 N–H and O–H groups in total. The Morgan fingerprint density at radius 1 is 1.29 bits per heavy atom. The molecule has 2 saturated heterocycles. The number of rotatable bonds is 2. The van der Waals surface area contributed by atoms with E-state index in [9.17, 15) is 14.4 Å². The van der Waals surface area contributed by atoms with Gasteiger partial charge in [0.25, 0.3) is 0 Å². The first-order valence-electron chi connectivity index (χ1n) is 8.40. The monoisotopic (exact) mass is 347 g/mol. The van der Waals surface area contributed by atoms with E-state index in [4.69, 9.17) is 0 Å². The fourth-order valence-electron chi connectivity index (χ4n) is 3.93. The Bertz CT molecular complexity index is 685. The van der Waals surface area contributed by atoms with Gasteiger partial charge in [-0.1, -0.05) is 0 Å². The predicted molar refractivity (Wildman–Crippen MR) is 90.7 cm³/mol. The van der Waals surface area contributed by atoms with Crippen LogP contribution in [0.2, 0.25) is 0 Å². The van der Waals surface area contributed by atoms with Crippen LogP contribution in [-0.2, 0) is 14.4 Å². The molecule has 128 valence electrons. The second-order valence-electron chi connectivity index (χ2n) is 7.08. The van der Waals surface area contributed by atoms with Gasteiger partial charge in [0.1, 0.15) is 6.54 Å². The van der Waals surface area contributed by atoms with E-state index in [1.54, 1.807) is 21.1 Å². The molecule has 2 aliphatic heterocycles. The van der Waals surface area contributed by atoms with Gasteiger partial charge in [0.15, 0.2) is 0 Å². The summed E-state index contributed by atoms with van der Waals surface area (Å²) in [4.78, 5) is 42.5. The third kappa shape index (κ3) is 2.51. The van der Waals surface area contributed by atoms with Crippen molar-refractivity contribution in [3.05, 3.63) is 16.8 Å². The molecule has 3 fully saturated rings. The van der Waals surface area contributed by atoms with Crippen molar-refractivity contribution < 1.29 is 14.4 Å². The summed E-state index contributed by atoms with van der Waals surface area (Å²) in [6.07, 6.45) is 2.70. The first kappa shape index (κ1) is 15.6. The first-order valence-corrected chi connectivity index (χ1v) is 9.34. The Hall–Kier alpha value is -1.89. The molecule has 0 radical (unpaired) electrons. The van der Waals surface area contributed by atoms with Crippen LogP contribution in [0.15, 0.2) is 16.8 Å². The molecule has 3 heterocycles. The Morgan fingerprint density at radius 2 is 2.08 bits per heavy atom. The largest absolute Gasteiger partial charge is 0.340 e. The average molecular weight is 347 g/mol.